The van der Waals surface area contributed by atoms with Crippen LogP contribution in [0.2, 0.25) is 0 Å². The molecule has 0 aliphatic carbocycles. The average molecular weight is 294 g/mol. The summed E-state index contributed by atoms with van der Waals surface area (Å²) in [7, 11) is 15.0. The van der Waals surface area contributed by atoms with E-state index in [2.05, 4.69) is 25.6 Å². The van der Waals surface area contributed by atoms with E-state index in [1.54, 1.807) is 0 Å². The summed E-state index contributed by atoms with van der Waals surface area (Å²) >= 11 is -0.00926. The van der Waals surface area contributed by atoms with E-state index in [0.29, 0.717) is 0 Å². The van der Waals surface area contributed by atoms with E-state index in [9.17, 15) is 0 Å². The Morgan fingerprint density at radius 3 is 1.45 bits per heavy atom. The Bertz CT molecular complexity index is 57.0. The van der Waals surface area contributed by atoms with Crippen molar-refractivity contribution in [3.05, 3.63) is 0 Å². The molecule has 5 heteroatoms. The summed E-state index contributed by atoms with van der Waals surface area (Å²) in [6.45, 7) is 4.45. The van der Waals surface area contributed by atoms with Gasteiger partial charge in [-0.05, 0) is 24.3 Å². The first-order valence-electron chi connectivity index (χ1n) is 3.65. The van der Waals surface area contributed by atoms with E-state index >= 15 is 0 Å². The molecule has 0 aromatic heterocycles. The summed E-state index contributed by atoms with van der Waals surface area (Å²) in [5.41, 5.74) is 0. The van der Waals surface area contributed by atoms with Crippen molar-refractivity contribution in [2.24, 2.45) is 0 Å². The van der Waals surface area contributed by atoms with Crippen LogP contribution in [0.5, 0.6) is 0 Å². The van der Waals surface area contributed by atoms with E-state index in [4.69, 9.17) is 28.9 Å². The first kappa shape index (κ1) is 15.3. The van der Waals surface area contributed by atoms with Crippen molar-refractivity contribution in [1.82, 2.24) is 0 Å². The molecule has 0 bridgehead atoms. The molecule has 0 aromatic rings. The Morgan fingerprint density at radius 1 is 1.00 bits per heavy atom. The van der Waals surface area contributed by atoms with Gasteiger partial charge in [-0.2, -0.15) is 11.8 Å². The molecular weight excluding hydrogens is 280 g/mol. The Labute approximate surface area is 91.4 Å². The molecule has 0 spiro atoms. The van der Waals surface area contributed by atoms with Crippen LogP contribution in [0, 0.1) is 0 Å². The van der Waals surface area contributed by atoms with Gasteiger partial charge in [-0.25, -0.2) is 0 Å². The Morgan fingerprint density at radius 2 is 1.27 bits per heavy atom. The van der Waals surface area contributed by atoms with Gasteiger partial charge < -0.3 is 0 Å². The van der Waals surface area contributed by atoms with Gasteiger partial charge in [0.05, 0.1) is 0 Å². The molecule has 0 N–H and O–H groups in total. The van der Waals surface area contributed by atoms with Crippen molar-refractivity contribution in [3.8, 4) is 0 Å². The fourth-order valence-corrected chi connectivity index (χ4v) is 1.17. The zero-order chi connectivity index (χ0) is 9.11. The summed E-state index contributed by atoms with van der Waals surface area (Å²) in [6, 6.07) is 0. The van der Waals surface area contributed by atoms with E-state index in [0.717, 1.165) is 0 Å². The zero-order valence-electron chi connectivity index (χ0n) is 6.95. The Balaban J connectivity index is 0. The first-order chi connectivity index (χ1) is 5.15. The molecule has 0 aromatic carbocycles. The molecule has 0 saturated heterocycles. The van der Waals surface area contributed by atoms with E-state index in [1.165, 1.54) is 24.3 Å². The summed E-state index contributed by atoms with van der Waals surface area (Å²) in [5.74, 6) is 2.68. The third kappa shape index (κ3) is 33.6. The molecule has 0 heterocycles. The molecule has 0 aliphatic heterocycles. The molecule has 0 fully saturated rings. The number of rotatable bonds is 4. The van der Waals surface area contributed by atoms with Crippen molar-refractivity contribution in [2.75, 3.05) is 11.5 Å². The van der Waals surface area contributed by atoms with E-state index < -0.39 is 13.2 Å². The molecule has 0 radical (unpaired) electrons. The van der Waals surface area contributed by atoms with Crippen molar-refractivity contribution in [2.45, 2.75) is 26.7 Å². The minimum absolute atomic E-state index is 1.32. The van der Waals surface area contributed by atoms with Crippen molar-refractivity contribution in [3.63, 3.8) is 0 Å². The molecule has 0 nitrogen and oxygen atoms in total. The second kappa shape index (κ2) is 14.4. The van der Waals surface area contributed by atoms with Gasteiger partial charge in [-0.15, -0.1) is 0 Å². The molecule has 0 amide bonds. The first-order valence-corrected chi connectivity index (χ1v) is 14.4. The van der Waals surface area contributed by atoms with Crippen LogP contribution in [0.25, 0.3) is 0 Å². The van der Waals surface area contributed by atoms with Crippen LogP contribution >= 0.6 is 40.7 Å². The van der Waals surface area contributed by atoms with Gasteiger partial charge in [0.1, 0.15) is 0 Å². The summed E-state index contributed by atoms with van der Waals surface area (Å²) in [5, 5.41) is 0. The van der Waals surface area contributed by atoms with Crippen LogP contribution in [0.15, 0.2) is 0 Å². The standard InChI is InChI=1S/C6H14S.3ClH.Ga/c1-3-5-7-6-4-2;;;;/h3-6H2,1-2H3;3*1H;/q;;;;+3/p-3. The molecule has 0 aliphatic rings. The van der Waals surface area contributed by atoms with Gasteiger partial charge in [0.2, 0.25) is 0 Å². The van der Waals surface area contributed by atoms with Gasteiger partial charge in [0.15, 0.2) is 0 Å². The van der Waals surface area contributed by atoms with Crippen molar-refractivity contribution < 1.29 is 0 Å². The van der Waals surface area contributed by atoms with Crippen LogP contribution in [0.4, 0.5) is 0 Å². The van der Waals surface area contributed by atoms with E-state index in [1.807, 2.05) is 0 Å². The summed E-state index contributed by atoms with van der Waals surface area (Å²) in [6.07, 6.45) is 2.65. The van der Waals surface area contributed by atoms with Crippen LogP contribution in [0.1, 0.15) is 26.7 Å². The van der Waals surface area contributed by atoms with Gasteiger partial charge in [-0.3, -0.25) is 0 Å². The molecule has 0 atom stereocenters. The molecule has 0 saturated carbocycles. The second-order valence-corrected chi connectivity index (χ2v) is 14.4. The monoisotopic (exact) mass is 292 g/mol. The van der Waals surface area contributed by atoms with Gasteiger partial charge in [0, 0.05) is 0 Å². The number of halogens is 3. The number of hydrogen-bond donors (Lipinski definition) is 0. The quantitative estimate of drug-likeness (QED) is 0.552. The summed E-state index contributed by atoms with van der Waals surface area (Å²) < 4.78 is 0. The number of hydrogen-bond acceptors (Lipinski definition) is 1. The Hall–Kier alpha value is 1.86. The van der Waals surface area contributed by atoms with Gasteiger partial charge in [-0.1, -0.05) is 13.8 Å². The molecular formula is C6H14Cl3GaS. The minimum atomic E-state index is -2.06. The van der Waals surface area contributed by atoms with E-state index in [-0.39, 0.29) is 0 Å². The SMILES string of the molecule is CCCSCCC.[Cl][Ga]([Cl])[Cl]. The van der Waals surface area contributed by atoms with Crippen molar-refractivity contribution in [1.29, 1.82) is 0 Å². The number of thioether (sulfide) groups is 1. The summed E-state index contributed by atoms with van der Waals surface area (Å²) in [4.78, 5) is 0. The van der Waals surface area contributed by atoms with Crippen molar-refractivity contribution >= 4 is 53.9 Å². The molecule has 11 heavy (non-hydrogen) atoms. The predicted octanol–water partition coefficient (Wildman–Crippen LogP) is 4.23. The Kier molecular flexibility index (Phi) is 20.1. The van der Waals surface area contributed by atoms with Crippen LogP contribution < -0.4 is 0 Å². The molecule has 0 rings (SSSR count). The fraction of sp³-hybridized carbons (Fsp3) is 1.00. The third-order valence-corrected chi connectivity index (χ3v) is 2.09. The maximum atomic E-state index is 4.99. The topological polar surface area (TPSA) is 0 Å². The maximum absolute atomic E-state index is 4.99. The van der Waals surface area contributed by atoms with Crippen LogP contribution in [0.3, 0.4) is 0 Å². The zero-order valence-corrected chi connectivity index (χ0v) is 12.5. The second-order valence-electron chi connectivity index (χ2n) is 1.86. The molecule has 68 valence electrons. The fourth-order valence-electron chi connectivity index (χ4n) is 0.391. The van der Waals surface area contributed by atoms with Gasteiger partial charge in [0.25, 0.3) is 0 Å². The third-order valence-electron chi connectivity index (χ3n) is 0.697. The predicted molar refractivity (Wildman–Crippen MR) is 61.2 cm³/mol. The van der Waals surface area contributed by atoms with Gasteiger partial charge >= 0.3 is 42.1 Å². The normalized spacial score (nSPS) is 8.45. The molecule has 0 unspecified atom stereocenters. The van der Waals surface area contributed by atoms with Crippen LogP contribution in [-0.2, 0) is 0 Å². The average Bonchev–Trinajstić information content (AvgIpc) is 1.88. The van der Waals surface area contributed by atoms with Crippen LogP contribution in [-0.4, -0.2) is 24.7 Å².